The Morgan fingerprint density at radius 3 is 2.18 bits per heavy atom. The van der Waals surface area contributed by atoms with Crippen LogP contribution < -0.4 is 20.5 Å². The second-order valence-corrected chi connectivity index (χ2v) is 24.3. The van der Waals surface area contributed by atoms with E-state index in [0.29, 0.717) is 36.5 Å². The summed E-state index contributed by atoms with van der Waals surface area (Å²) in [4.78, 5) is 62.9. The van der Waals surface area contributed by atoms with Crippen LogP contribution in [0.5, 0.6) is 5.75 Å². The van der Waals surface area contributed by atoms with Crippen LogP contribution >= 0.6 is 0 Å². The smallest absolute Gasteiger partial charge is 0.341 e. The minimum atomic E-state index is -2.00. The van der Waals surface area contributed by atoms with Gasteiger partial charge in [0.1, 0.15) is 47.9 Å². The van der Waals surface area contributed by atoms with Gasteiger partial charge in [0.05, 0.1) is 59.7 Å². The fourth-order valence-electron chi connectivity index (χ4n) is 12.3. The van der Waals surface area contributed by atoms with Crippen molar-refractivity contribution in [2.45, 2.75) is 199 Å². The Morgan fingerprint density at radius 2 is 1.57 bits per heavy atom. The molecule has 4 heterocycles. The van der Waals surface area contributed by atoms with E-state index in [1.54, 1.807) is 84.4 Å². The second-order valence-electron chi connectivity index (χ2n) is 24.3. The molecule has 18 atom stereocenters. The summed E-state index contributed by atoms with van der Waals surface area (Å²) in [5.74, 6) is -5.73. The average Bonchev–Trinajstić information content (AvgIpc) is 2.13. The van der Waals surface area contributed by atoms with Crippen molar-refractivity contribution in [2.24, 2.45) is 28.8 Å². The van der Waals surface area contributed by atoms with E-state index in [0.717, 1.165) is 13.1 Å². The first kappa shape index (κ1) is 70.2. The number of aromatic carboxylic acids is 1. The van der Waals surface area contributed by atoms with Crippen LogP contribution in [0.1, 0.15) is 126 Å². The van der Waals surface area contributed by atoms with Crippen LogP contribution in [-0.2, 0) is 47.6 Å². The highest BCUT2D eigenvalue weighted by Gasteiger charge is 2.54. The number of benzene rings is 1. The number of ether oxygens (including phenoxy) is 8. The SMILES string of the molecule is CC[C@H]1OC(=O)[C@H](C)[C@@H](O[C@H]2C[C@@](C)(OC)[C@@H](OC(=O)CCNCCOc3ccc4c(=O)c(C(=O)O)cn(N(C)C)c4c3)[C@H](C)O2)[C@H](C)[C@@H](O[C@@H]2O[C@H](C)C[C@H](N(C)C)[C@H]2O)[C@](C)(O)C[C@@H](C)/C(=N\OCCN(CC)CC)[C@H](C)[C@@H](O)[C@]1(C)O. The number of nitrogens with one attached hydrogen (secondary N) is 1. The lowest BCUT2D eigenvalue weighted by Crippen LogP contribution is -2.61. The van der Waals surface area contributed by atoms with Crippen molar-refractivity contribution in [1.29, 1.82) is 0 Å². The zero-order valence-corrected chi connectivity index (χ0v) is 52.7. The zero-order chi connectivity index (χ0) is 62.8. The lowest BCUT2D eigenvalue weighted by molar-refractivity contribution is -0.318. The number of aromatic nitrogens is 1. The topological polar surface area (TPSA) is 292 Å². The van der Waals surface area contributed by atoms with Crippen LogP contribution in [0.4, 0.5) is 0 Å². The number of aliphatic hydroxyl groups excluding tert-OH is 2. The van der Waals surface area contributed by atoms with Gasteiger partial charge in [0.25, 0.3) is 0 Å². The number of hydrogen-bond acceptors (Lipinski definition) is 22. The number of nitrogens with zero attached hydrogens (tertiary/aromatic N) is 5. The monoisotopic (exact) mass is 1190 g/mol. The maximum absolute atomic E-state index is 14.8. The number of oxime groups is 1. The molecule has 478 valence electrons. The van der Waals surface area contributed by atoms with Gasteiger partial charge in [-0.05, 0) is 100 Å². The van der Waals surface area contributed by atoms with Crippen molar-refractivity contribution in [1.82, 2.24) is 19.8 Å². The summed E-state index contributed by atoms with van der Waals surface area (Å²) in [6.45, 7) is 24.4. The van der Waals surface area contributed by atoms with E-state index in [1.165, 1.54) is 26.3 Å². The number of fused-ring (bicyclic) bond motifs is 1. The normalized spacial score (nSPS) is 35.2. The largest absolute Gasteiger partial charge is 0.492 e. The van der Waals surface area contributed by atoms with E-state index in [4.69, 9.17) is 42.7 Å². The summed E-state index contributed by atoms with van der Waals surface area (Å²) in [6.07, 6.45) is -8.93. The van der Waals surface area contributed by atoms with Gasteiger partial charge in [-0.3, -0.25) is 19.1 Å². The molecule has 3 saturated heterocycles. The standard InChI is InChI=1S/C60H100N6O18/c1-18-45-60(12,75)52(70)36(6)48(62-78-28-26-65(19-2)20-3)34(4)31-58(10,74)53(84-57-50(69)44(63(13)14)29-35(5)79-57)37(7)51(38(8)56(73)81-45)83-47-32-59(11,76-17)54(39(9)80-47)82-46(67)23-24-61-25-27-77-40-21-22-41-43(30-40)66(64(15)16)33-42(49(41)68)55(71)72/h21-22,30,33-39,44-45,47,50-54,57,61,69-70,74-75H,18-20,23-29,31-32H2,1-17H3,(H,71,72)/b62-48+/t34-,35-,36+,37+,38-,39+,44+,45-,47+,50-,51+,52-,53-,54+,57+,58-,59-,60-/m1/s1. The lowest BCUT2D eigenvalue weighted by atomic mass is 9.73. The van der Waals surface area contributed by atoms with Gasteiger partial charge in [0.2, 0.25) is 5.43 Å². The number of esters is 2. The molecule has 24 nitrogen and oxygen atoms in total. The lowest BCUT2D eigenvalue weighted by Gasteiger charge is -2.49. The van der Waals surface area contributed by atoms with Gasteiger partial charge in [-0.15, -0.1) is 0 Å². The molecule has 0 unspecified atom stereocenters. The maximum Gasteiger partial charge on any atom is 0.341 e. The first-order valence-corrected chi connectivity index (χ1v) is 29.8. The third-order valence-electron chi connectivity index (χ3n) is 17.3. The summed E-state index contributed by atoms with van der Waals surface area (Å²) in [5, 5.41) is 68.6. The number of likely N-dealkylation sites (N-methyl/N-ethyl adjacent to an activating group) is 2. The molecule has 6 N–H and O–H groups in total. The molecule has 0 saturated carbocycles. The highest BCUT2D eigenvalue weighted by atomic mass is 16.7. The van der Waals surface area contributed by atoms with Crippen LogP contribution in [0.25, 0.3) is 10.9 Å². The van der Waals surface area contributed by atoms with E-state index in [-0.39, 0.29) is 68.5 Å². The number of carbonyl (C=O) groups is 3. The Labute approximate surface area is 495 Å². The Balaban J connectivity index is 1.39. The second kappa shape index (κ2) is 30.4. The van der Waals surface area contributed by atoms with Crippen LogP contribution in [0.3, 0.4) is 0 Å². The minimum Gasteiger partial charge on any atom is -0.492 e. The van der Waals surface area contributed by atoms with Crippen molar-refractivity contribution in [3.05, 3.63) is 40.2 Å². The molecule has 2 aromatic rings. The number of methoxy groups -OCH3 is 1. The van der Waals surface area contributed by atoms with Crippen LogP contribution in [0.2, 0.25) is 0 Å². The molecule has 1 aromatic heterocycles. The molecule has 3 aliphatic rings. The Bertz CT molecular complexity index is 2560. The predicted octanol–water partition coefficient (Wildman–Crippen LogP) is 3.75. The zero-order valence-electron chi connectivity index (χ0n) is 52.7. The van der Waals surface area contributed by atoms with E-state index in [1.807, 2.05) is 46.7 Å². The Morgan fingerprint density at radius 1 is 0.893 bits per heavy atom. The predicted molar refractivity (Wildman–Crippen MR) is 315 cm³/mol. The van der Waals surface area contributed by atoms with E-state index < -0.39 is 119 Å². The fourth-order valence-corrected chi connectivity index (χ4v) is 12.3. The Hall–Kier alpha value is -4.57. The van der Waals surface area contributed by atoms with Crippen molar-refractivity contribution >= 4 is 34.5 Å². The number of carbonyl (C=O) groups excluding carboxylic acids is 2. The molecule has 1 aromatic carbocycles. The van der Waals surface area contributed by atoms with Gasteiger partial charge >= 0.3 is 17.9 Å². The number of pyridine rings is 1. The Kier molecular flexibility index (Phi) is 25.4. The summed E-state index contributed by atoms with van der Waals surface area (Å²) >= 11 is 0. The van der Waals surface area contributed by atoms with Gasteiger partial charge < -0.3 is 88.4 Å². The molecule has 0 radical (unpaired) electrons. The summed E-state index contributed by atoms with van der Waals surface area (Å²) in [7, 11) is 8.64. The van der Waals surface area contributed by atoms with Crippen LogP contribution in [0.15, 0.2) is 34.3 Å². The summed E-state index contributed by atoms with van der Waals surface area (Å²) in [5.41, 5.74) is -5.15. The molecule has 0 aliphatic carbocycles. The molecule has 84 heavy (non-hydrogen) atoms. The number of carboxylic acids is 1. The molecule has 3 aliphatic heterocycles. The van der Waals surface area contributed by atoms with Gasteiger partial charge in [0, 0.05) is 88.7 Å². The third kappa shape index (κ3) is 16.9. The third-order valence-corrected chi connectivity index (χ3v) is 17.3. The van der Waals surface area contributed by atoms with Crippen molar-refractivity contribution in [3.63, 3.8) is 0 Å². The molecule has 5 rings (SSSR count). The number of cyclic esters (lactones) is 1. The van der Waals surface area contributed by atoms with E-state index >= 15 is 0 Å². The quantitative estimate of drug-likeness (QED) is 0.0525. The van der Waals surface area contributed by atoms with Gasteiger partial charge in [-0.1, -0.05) is 46.7 Å². The van der Waals surface area contributed by atoms with E-state index in [9.17, 15) is 44.7 Å². The molecule has 0 amide bonds. The highest BCUT2D eigenvalue weighted by Crippen LogP contribution is 2.42. The van der Waals surface area contributed by atoms with Crippen LogP contribution in [0, 0.1) is 23.7 Å². The molecular formula is C60H100N6O18. The molecular weight excluding hydrogens is 1090 g/mol. The van der Waals surface area contributed by atoms with Crippen molar-refractivity contribution in [2.75, 3.05) is 86.2 Å². The molecule has 0 bridgehead atoms. The van der Waals surface area contributed by atoms with Crippen molar-refractivity contribution < 1.29 is 82.6 Å². The van der Waals surface area contributed by atoms with Gasteiger partial charge in [-0.25, -0.2) is 4.79 Å². The van der Waals surface area contributed by atoms with E-state index in [2.05, 4.69) is 15.4 Å². The molecule has 0 spiro atoms. The van der Waals surface area contributed by atoms with Crippen LogP contribution in [-0.4, -0.2) is 229 Å². The van der Waals surface area contributed by atoms with Crippen molar-refractivity contribution in [3.8, 4) is 5.75 Å². The number of carboxylic acid groups (broad SMARTS) is 1. The summed E-state index contributed by atoms with van der Waals surface area (Å²) in [6, 6.07) is 4.41. The number of rotatable bonds is 23. The number of hydrogen-bond donors (Lipinski definition) is 6. The highest BCUT2D eigenvalue weighted by molar-refractivity contribution is 5.93. The van der Waals surface area contributed by atoms with Gasteiger partial charge in [-0.2, -0.15) is 0 Å². The fraction of sp³-hybridized carbons (Fsp3) is 0.783. The minimum absolute atomic E-state index is 0.00241. The van der Waals surface area contributed by atoms with Gasteiger partial charge in [0.15, 0.2) is 18.7 Å². The number of aliphatic hydroxyl groups is 4. The maximum atomic E-state index is 14.8. The molecule has 3 fully saturated rings. The first-order valence-electron chi connectivity index (χ1n) is 29.8. The average molecular weight is 1190 g/mol. The molecule has 24 heteroatoms. The summed E-state index contributed by atoms with van der Waals surface area (Å²) < 4.78 is 52.6. The first-order chi connectivity index (χ1) is 39.4.